The van der Waals surface area contributed by atoms with Crippen LogP contribution in [0.1, 0.15) is 43.5 Å². The van der Waals surface area contributed by atoms with E-state index in [2.05, 4.69) is 27.4 Å². The van der Waals surface area contributed by atoms with Gasteiger partial charge in [-0.15, -0.1) is 0 Å². The van der Waals surface area contributed by atoms with Crippen molar-refractivity contribution in [3.63, 3.8) is 0 Å². The molecule has 2 rings (SSSR count). The van der Waals surface area contributed by atoms with Gasteiger partial charge in [-0.2, -0.15) is 4.98 Å². The molecule has 6 heteroatoms. The molecule has 0 saturated heterocycles. The molecule has 0 atom stereocenters. The van der Waals surface area contributed by atoms with E-state index >= 15 is 0 Å². The van der Waals surface area contributed by atoms with E-state index < -0.39 is 0 Å². The lowest BCUT2D eigenvalue weighted by Crippen LogP contribution is -2.12. The van der Waals surface area contributed by atoms with Crippen molar-refractivity contribution in [2.75, 3.05) is 5.32 Å². The number of nitrogens with one attached hydrogen (secondary N) is 1. The average molecular weight is 288 g/mol. The molecule has 0 aliphatic rings. The lowest BCUT2D eigenvalue weighted by atomic mass is 10.2. The first-order valence-electron chi connectivity index (χ1n) is 7.21. The number of hydrogen-bond acceptors (Lipinski definition) is 5. The van der Waals surface area contributed by atoms with Crippen LogP contribution < -0.4 is 5.32 Å². The lowest BCUT2D eigenvalue weighted by molar-refractivity contribution is -0.116. The van der Waals surface area contributed by atoms with Gasteiger partial charge < -0.3 is 9.84 Å². The molecule has 1 amide bonds. The number of nitrogens with zero attached hydrogens (tertiary/aromatic N) is 3. The molecule has 2 heterocycles. The van der Waals surface area contributed by atoms with Gasteiger partial charge in [0.1, 0.15) is 5.82 Å². The van der Waals surface area contributed by atoms with E-state index in [4.69, 9.17) is 4.52 Å². The Hall–Kier alpha value is -2.24. The summed E-state index contributed by atoms with van der Waals surface area (Å²) in [5.41, 5.74) is 1.06. The minimum Gasteiger partial charge on any atom is -0.339 e. The second kappa shape index (κ2) is 7.52. The van der Waals surface area contributed by atoms with E-state index in [1.54, 1.807) is 6.20 Å². The molecule has 112 valence electrons. The fraction of sp³-hybridized carbons (Fsp3) is 0.467. The van der Waals surface area contributed by atoms with Gasteiger partial charge in [0.05, 0.1) is 0 Å². The third-order valence-corrected chi connectivity index (χ3v) is 2.96. The fourth-order valence-corrected chi connectivity index (χ4v) is 1.93. The van der Waals surface area contributed by atoms with Gasteiger partial charge in [0, 0.05) is 25.5 Å². The maximum absolute atomic E-state index is 11.8. The first-order chi connectivity index (χ1) is 10.2. The maximum atomic E-state index is 11.8. The highest BCUT2D eigenvalue weighted by molar-refractivity contribution is 5.89. The number of anilines is 1. The third-order valence-electron chi connectivity index (χ3n) is 2.96. The number of hydrogen-bond donors (Lipinski definition) is 1. The van der Waals surface area contributed by atoms with Crippen molar-refractivity contribution in [1.82, 2.24) is 15.1 Å². The van der Waals surface area contributed by atoms with Crippen LogP contribution >= 0.6 is 0 Å². The maximum Gasteiger partial charge on any atom is 0.226 e. The highest BCUT2D eigenvalue weighted by Gasteiger charge is 2.08. The Bertz CT molecular complexity index is 595. The van der Waals surface area contributed by atoms with Crippen molar-refractivity contribution >= 4 is 11.7 Å². The topological polar surface area (TPSA) is 80.9 Å². The number of pyridine rings is 1. The number of amides is 1. The lowest BCUT2D eigenvalue weighted by Gasteiger charge is -2.04. The third kappa shape index (κ3) is 4.98. The fourth-order valence-electron chi connectivity index (χ4n) is 1.93. The molecule has 0 aliphatic carbocycles. The van der Waals surface area contributed by atoms with Gasteiger partial charge >= 0.3 is 0 Å². The molecule has 0 bridgehead atoms. The first kappa shape index (κ1) is 15.2. The Morgan fingerprint density at radius 1 is 1.38 bits per heavy atom. The van der Waals surface area contributed by atoms with Crippen molar-refractivity contribution in [3.8, 4) is 0 Å². The van der Waals surface area contributed by atoms with Crippen molar-refractivity contribution in [2.24, 2.45) is 0 Å². The normalized spacial score (nSPS) is 10.6. The molecule has 1 N–H and O–H groups in total. The van der Waals surface area contributed by atoms with Crippen LogP contribution in [0, 0.1) is 6.92 Å². The van der Waals surface area contributed by atoms with Crippen molar-refractivity contribution in [2.45, 2.75) is 46.0 Å². The number of rotatable bonds is 7. The summed E-state index contributed by atoms with van der Waals surface area (Å²) in [6.07, 6.45) is 5.18. The van der Waals surface area contributed by atoms with Gasteiger partial charge in [0.2, 0.25) is 11.8 Å². The highest BCUT2D eigenvalue weighted by Crippen LogP contribution is 2.08. The molecule has 2 aromatic heterocycles. The molecule has 0 unspecified atom stereocenters. The standard InChI is InChI=1S/C15H20N4O2/c1-3-5-12-18-15(21-19-12)7-4-6-14(20)17-13-10-11(2)8-9-16-13/h8-10H,3-7H2,1-2H3,(H,16,17,20). The van der Waals surface area contributed by atoms with Gasteiger partial charge in [-0.25, -0.2) is 4.98 Å². The predicted octanol–water partition coefficient (Wildman–Crippen LogP) is 2.69. The summed E-state index contributed by atoms with van der Waals surface area (Å²) < 4.78 is 5.13. The van der Waals surface area contributed by atoms with E-state index in [0.29, 0.717) is 31.0 Å². The number of aromatic nitrogens is 3. The van der Waals surface area contributed by atoms with Gasteiger partial charge in [0.15, 0.2) is 5.82 Å². The Labute approximate surface area is 124 Å². The summed E-state index contributed by atoms with van der Waals surface area (Å²) in [6.45, 7) is 4.03. The predicted molar refractivity (Wildman–Crippen MR) is 78.8 cm³/mol. The van der Waals surface area contributed by atoms with Gasteiger partial charge in [-0.3, -0.25) is 4.79 Å². The van der Waals surface area contributed by atoms with Crippen molar-refractivity contribution in [1.29, 1.82) is 0 Å². The van der Waals surface area contributed by atoms with Crippen molar-refractivity contribution < 1.29 is 9.32 Å². The summed E-state index contributed by atoms with van der Waals surface area (Å²) in [4.78, 5) is 20.2. The minimum atomic E-state index is -0.0543. The van der Waals surface area contributed by atoms with Crippen LogP contribution in [0.2, 0.25) is 0 Å². The summed E-state index contributed by atoms with van der Waals surface area (Å²) in [5.74, 6) is 1.87. The zero-order chi connectivity index (χ0) is 15.1. The Morgan fingerprint density at radius 3 is 3.00 bits per heavy atom. The van der Waals surface area contributed by atoms with Crippen LogP contribution in [-0.4, -0.2) is 21.0 Å². The molecule has 0 radical (unpaired) electrons. The van der Waals surface area contributed by atoms with E-state index in [1.165, 1.54) is 0 Å². The molecular formula is C15H20N4O2. The van der Waals surface area contributed by atoms with E-state index in [-0.39, 0.29) is 5.91 Å². The van der Waals surface area contributed by atoms with Crippen LogP contribution in [0.25, 0.3) is 0 Å². The minimum absolute atomic E-state index is 0.0543. The first-order valence-corrected chi connectivity index (χ1v) is 7.21. The van der Waals surface area contributed by atoms with E-state index in [1.807, 2.05) is 19.1 Å². The number of carbonyl (C=O) groups is 1. The molecule has 0 spiro atoms. The van der Waals surface area contributed by atoms with Crippen LogP contribution in [-0.2, 0) is 17.6 Å². The summed E-state index contributed by atoms with van der Waals surface area (Å²) >= 11 is 0. The smallest absolute Gasteiger partial charge is 0.226 e. The van der Waals surface area contributed by atoms with Crippen molar-refractivity contribution in [3.05, 3.63) is 35.6 Å². The second-order valence-corrected chi connectivity index (χ2v) is 4.97. The molecule has 0 fully saturated rings. The van der Waals surface area contributed by atoms with Crippen LogP contribution in [0.4, 0.5) is 5.82 Å². The highest BCUT2D eigenvalue weighted by atomic mass is 16.5. The molecular weight excluding hydrogens is 268 g/mol. The molecule has 0 aromatic carbocycles. The SMILES string of the molecule is CCCc1noc(CCCC(=O)Nc2cc(C)ccn2)n1. The molecule has 0 aliphatic heterocycles. The monoisotopic (exact) mass is 288 g/mol. The Kier molecular flexibility index (Phi) is 5.43. The van der Waals surface area contributed by atoms with Gasteiger partial charge in [-0.05, 0) is 37.5 Å². The molecule has 21 heavy (non-hydrogen) atoms. The summed E-state index contributed by atoms with van der Waals surface area (Å²) in [7, 11) is 0. The zero-order valence-electron chi connectivity index (χ0n) is 12.4. The molecule has 2 aromatic rings. The molecule has 6 nitrogen and oxygen atoms in total. The Balaban J connectivity index is 1.73. The van der Waals surface area contributed by atoms with Crippen LogP contribution in [0.3, 0.4) is 0 Å². The largest absolute Gasteiger partial charge is 0.339 e. The second-order valence-electron chi connectivity index (χ2n) is 4.97. The quantitative estimate of drug-likeness (QED) is 0.847. The van der Waals surface area contributed by atoms with Gasteiger partial charge in [-0.1, -0.05) is 12.1 Å². The number of carbonyl (C=O) groups excluding carboxylic acids is 1. The van der Waals surface area contributed by atoms with E-state index in [9.17, 15) is 4.79 Å². The average Bonchev–Trinajstić information content (AvgIpc) is 2.87. The van der Waals surface area contributed by atoms with Crippen LogP contribution in [0.5, 0.6) is 0 Å². The molecule has 0 saturated carbocycles. The Morgan fingerprint density at radius 2 is 2.24 bits per heavy atom. The van der Waals surface area contributed by atoms with Gasteiger partial charge in [0.25, 0.3) is 0 Å². The van der Waals surface area contributed by atoms with Crippen LogP contribution in [0.15, 0.2) is 22.9 Å². The zero-order valence-corrected chi connectivity index (χ0v) is 12.4. The van der Waals surface area contributed by atoms with E-state index in [0.717, 1.165) is 24.2 Å². The summed E-state index contributed by atoms with van der Waals surface area (Å²) in [5, 5.41) is 6.66. The number of aryl methyl sites for hydroxylation is 3. The summed E-state index contributed by atoms with van der Waals surface area (Å²) in [6, 6.07) is 3.73.